The second-order valence-electron chi connectivity index (χ2n) is 5.39. The largest absolute Gasteiger partial charge is 0.393 e. The molecule has 1 aromatic rings. The Labute approximate surface area is 104 Å². The van der Waals surface area contributed by atoms with E-state index in [0.29, 0.717) is 6.04 Å². The summed E-state index contributed by atoms with van der Waals surface area (Å²) in [6.07, 6.45) is 3.29. The van der Waals surface area contributed by atoms with Gasteiger partial charge in [-0.05, 0) is 50.2 Å². The van der Waals surface area contributed by atoms with E-state index in [1.807, 2.05) is 6.92 Å². The van der Waals surface area contributed by atoms with Gasteiger partial charge in [-0.25, -0.2) is 0 Å². The first-order valence-electron chi connectivity index (χ1n) is 6.65. The lowest BCUT2D eigenvalue weighted by Gasteiger charge is -2.15. The highest BCUT2D eigenvalue weighted by Gasteiger charge is 2.23. The minimum absolute atomic E-state index is 0.227. The van der Waals surface area contributed by atoms with Gasteiger partial charge < -0.3 is 10.4 Å². The number of hydrogen-bond donors (Lipinski definition) is 2. The van der Waals surface area contributed by atoms with Crippen molar-refractivity contribution in [3.05, 3.63) is 35.4 Å². The fourth-order valence-electron chi connectivity index (χ4n) is 2.26. The third kappa shape index (κ3) is 4.14. The Bertz CT molecular complexity index is 358. The number of aliphatic hydroxyl groups excluding tert-OH is 1. The van der Waals surface area contributed by atoms with E-state index in [4.69, 9.17) is 0 Å². The molecule has 2 nitrogen and oxygen atoms in total. The van der Waals surface area contributed by atoms with Crippen LogP contribution < -0.4 is 5.32 Å². The molecule has 1 saturated carbocycles. The fourth-order valence-corrected chi connectivity index (χ4v) is 2.26. The molecule has 2 unspecified atom stereocenters. The van der Waals surface area contributed by atoms with Crippen LogP contribution >= 0.6 is 0 Å². The Morgan fingerprint density at radius 3 is 2.76 bits per heavy atom. The Morgan fingerprint density at radius 2 is 2.12 bits per heavy atom. The summed E-state index contributed by atoms with van der Waals surface area (Å²) in [7, 11) is 0. The van der Waals surface area contributed by atoms with Crippen molar-refractivity contribution in [1.29, 1.82) is 0 Å². The van der Waals surface area contributed by atoms with Gasteiger partial charge in [-0.2, -0.15) is 0 Å². The second-order valence-corrected chi connectivity index (χ2v) is 5.39. The molecular formula is C15H23NO. The van der Waals surface area contributed by atoms with Crippen LogP contribution in [0.2, 0.25) is 0 Å². The van der Waals surface area contributed by atoms with E-state index in [2.05, 4.69) is 36.5 Å². The van der Waals surface area contributed by atoms with Crippen LogP contribution in [0.1, 0.15) is 50.2 Å². The molecule has 0 bridgehead atoms. The first kappa shape index (κ1) is 12.6. The number of hydrogen-bond acceptors (Lipinski definition) is 2. The van der Waals surface area contributed by atoms with E-state index in [0.717, 1.165) is 18.9 Å². The number of nitrogens with one attached hydrogen (secondary N) is 1. The minimum Gasteiger partial charge on any atom is -0.393 e. The van der Waals surface area contributed by atoms with Gasteiger partial charge in [-0.3, -0.25) is 0 Å². The van der Waals surface area contributed by atoms with Crippen LogP contribution in [0.5, 0.6) is 0 Å². The highest BCUT2D eigenvalue weighted by molar-refractivity contribution is 5.29. The van der Waals surface area contributed by atoms with Gasteiger partial charge in [0.1, 0.15) is 0 Å². The van der Waals surface area contributed by atoms with Crippen molar-refractivity contribution in [2.45, 2.75) is 57.7 Å². The third-order valence-electron chi connectivity index (χ3n) is 3.35. The summed E-state index contributed by atoms with van der Waals surface area (Å²) < 4.78 is 0. The van der Waals surface area contributed by atoms with E-state index >= 15 is 0 Å². The van der Waals surface area contributed by atoms with Crippen molar-refractivity contribution in [2.75, 3.05) is 0 Å². The van der Waals surface area contributed by atoms with E-state index in [1.54, 1.807) is 0 Å². The molecule has 1 aliphatic rings. The lowest BCUT2D eigenvalue weighted by atomic mass is 10.1. The first-order chi connectivity index (χ1) is 8.15. The zero-order valence-corrected chi connectivity index (χ0v) is 10.8. The molecule has 2 heteroatoms. The van der Waals surface area contributed by atoms with E-state index in [9.17, 15) is 5.11 Å². The SMILES string of the molecule is CC(O)CC(C)NCc1cccc(C2CC2)c1. The van der Waals surface area contributed by atoms with Crippen LogP contribution in [0.3, 0.4) is 0 Å². The molecular weight excluding hydrogens is 210 g/mol. The molecule has 0 aromatic heterocycles. The molecule has 2 atom stereocenters. The van der Waals surface area contributed by atoms with E-state index in [-0.39, 0.29) is 6.10 Å². The van der Waals surface area contributed by atoms with Gasteiger partial charge in [-0.1, -0.05) is 24.3 Å². The van der Waals surface area contributed by atoms with Crippen LogP contribution in [-0.4, -0.2) is 17.3 Å². The molecule has 0 amide bonds. The van der Waals surface area contributed by atoms with Gasteiger partial charge in [0.05, 0.1) is 6.10 Å². The predicted octanol–water partition coefficient (Wildman–Crippen LogP) is 2.81. The van der Waals surface area contributed by atoms with Crippen LogP contribution in [-0.2, 0) is 6.54 Å². The number of benzene rings is 1. The average molecular weight is 233 g/mol. The Hall–Kier alpha value is -0.860. The summed E-state index contributed by atoms with van der Waals surface area (Å²) in [6.45, 7) is 4.86. The number of rotatable bonds is 6. The Balaban J connectivity index is 1.83. The molecule has 94 valence electrons. The zero-order valence-electron chi connectivity index (χ0n) is 10.8. The first-order valence-corrected chi connectivity index (χ1v) is 6.65. The van der Waals surface area contributed by atoms with E-state index in [1.165, 1.54) is 24.0 Å². The summed E-state index contributed by atoms with van der Waals surface area (Å²) in [5, 5.41) is 12.8. The molecule has 2 rings (SSSR count). The summed E-state index contributed by atoms with van der Waals surface area (Å²) in [6, 6.07) is 9.25. The second kappa shape index (κ2) is 5.65. The van der Waals surface area contributed by atoms with Crippen LogP contribution in [0.15, 0.2) is 24.3 Å². The van der Waals surface area contributed by atoms with Crippen LogP contribution in [0, 0.1) is 0 Å². The maximum absolute atomic E-state index is 9.31. The molecule has 0 radical (unpaired) electrons. The molecule has 0 heterocycles. The smallest absolute Gasteiger partial charge is 0.0526 e. The van der Waals surface area contributed by atoms with Crippen LogP contribution in [0.25, 0.3) is 0 Å². The van der Waals surface area contributed by atoms with Crippen molar-refractivity contribution in [2.24, 2.45) is 0 Å². The summed E-state index contributed by atoms with van der Waals surface area (Å²) in [5.41, 5.74) is 2.85. The highest BCUT2D eigenvalue weighted by atomic mass is 16.3. The van der Waals surface area contributed by atoms with Crippen molar-refractivity contribution in [1.82, 2.24) is 5.32 Å². The quantitative estimate of drug-likeness (QED) is 0.792. The van der Waals surface area contributed by atoms with Gasteiger partial charge >= 0.3 is 0 Å². The molecule has 1 aliphatic carbocycles. The fraction of sp³-hybridized carbons (Fsp3) is 0.600. The minimum atomic E-state index is -0.227. The van der Waals surface area contributed by atoms with Crippen molar-refractivity contribution >= 4 is 0 Å². The van der Waals surface area contributed by atoms with Crippen molar-refractivity contribution < 1.29 is 5.11 Å². The third-order valence-corrected chi connectivity index (χ3v) is 3.35. The molecule has 0 spiro atoms. The van der Waals surface area contributed by atoms with Crippen molar-refractivity contribution in [3.8, 4) is 0 Å². The maximum Gasteiger partial charge on any atom is 0.0526 e. The highest BCUT2D eigenvalue weighted by Crippen LogP contribution is 2.40. The average Bonchev–Trinajstić information content (AvgIpc) is 3.10. The summed E-state index contributed by atoms with van der Waals surface area (Å²) in [4.78, 5) is 0. The topological polar surface area (TPSA) is 32.3 Å². The normalized spacial score (nSPS) is 19.0. The summed E-state index contributed by atoms with van der Waals surface area (Å²) >= 11 is 0. The van der Waals surface area contributed by atoms with Crippen molar-refractivity contribution in [3.63, 3.8) is 0 Å². The Kier molecular flexibility index (Phi) is 4.19. The molecule has 1 fully saturated rings. The lowest BCUT2D eigenvalue weighted by molar-refractivity contribution is 0.170. The van der Waals surface area contributed by atoms with Gasteiger partial charge in [0, 0.05) is 12.6 Å². The predicted molar refractivity (Wildman–Crippen MR) is 71.0 cm³/mol. The van der Waals surface area contributed by atoms with Gasteiger partial charge in [0.25, 0.3) is 0 Å². The molecule has 1 aromatic carbocycles. The lowest BCUT2D eigenvalue weighted by Crippen LogP contribution is -2.28. The molecule has 0 aliphatic heterocycles. The van der Waals surface area contributed by atoms with Crippen LogP contribution in [0.4, 0.5) is 0 Å². The molecule has 0 saturated heterocycles. The van der Waals surface area contributed by atoms with Gasteiger partial charge in [0.15, 0.2) is 0 Å². The zero-order chi connectivity index (χ0) is 12.3. The van der Waals surface area contributed by atoms with E-state index < -0.39 is 0 Å². The summed E-state index contributed by atoms with van der Waals surface area (Å²) in [5.74, 6) is 0.824. The molecule has 2 N–H and O–H groups in total. The number of aliphatic hydroxyl groups is 1. The van der Waals surface area contributed by atoms with Gasteiger partial charge in [-0.15, -0.1) is 0 Å². The van der Waals surface area contributed by atoms with Gasteiger partial charge in [0.2, 0.25) is 0 Å². The molecule has 17 heavy (non-hydrogen) atoms. The Morgan fingerprint density at radius 1 is 1.35 bits per heavy atom. The monoisotopic (exact) mass is 233 g/mol. The maximum atomic E-state index is 9.31. The standard InChI is InChI=1S/C15H23NO/c1-11(8-12(2)17)16-10-13-4-3-5-15(9-13)14-6-7-14/h3-5,9,11-12,14,16-17H,6-8,10H2,1-2H3.